The van der Waals surface area contributed by atoms with Crippen LogP contribution in [0.4, 0.5) is 0 Å². The van der Waals surface area contributed by atoms with Crippen molar-refractivity contribution in [1.82, 2.24) is 0 Å². The van der Waals surface area contributed by atoms with Crippen molar-refractivity contribution in [3.63, 3.8) is 0 Å². The Bertz CT molecular complexity index is 284. The zero-order chi connectivity index (χ0) is 9.38. The van der Waals surface area contributed by atoms with Gasteiger partial charge in [-0.3, -0.25) is 4.79 Å². The Morgan fingerprint density at radius 2 is 2.31 bits per heavy atom. The van der Waals surface area contributed by atoms with Gasteiger partial charge < -0.3 is 9.84 Å². The van der Waals surface area contributed by atoms with Crippen molar-refractivity contribution >= 4 is 5.97 Å². The minimum Gasteiger partial charge on any atom is -0.469 e. The zero-order valence-corrected chi connectivity index (χ0v) is 7.86. The van der Waals surface area contributed by atoms with Crippen LogP contribution in [0, 0.1) is 29.1 Å². The molecule has 4 bridgehead atoms. The molecule has 0 radical (unpaired) electrons. The molecule has 3 nitrogen and oxygen atoms in total. The molecule has 0 aromatic rings. The number of hydrogen-bond acceptors (Lipinski definition) is 3. The van der Waals surface area contributed by atoms with Crippen LogP contribution >= 0.6 is 0 Å². The highest BCUT2D eigenvalue weighted by Gasteiger charge is 2.86. The second kappa shape index (κ2) is 1.92. The zero-order valence-electron chi connectivity index (χ0n) is 7.86. The maximum atomic E-state index is 11.6. The van der Waals surface area contributed by atoms with Crippen LogP contribution in [0.3, 0.4) is 0 Å². The van der Waals surface area contributed by atoms with Crippen LogP contribution in [-0.4, -0.2) is 24.3 Å². The number of aliphatic hydroxyl groups is 1. The van der Waals surface area contributed by atoms with E-state index in [-0.39, 0.29) is 23.4 Å². The summed E-state index contributed by atoms with van der Waals surface area (Å²) in [7, 11) is 1.45. The SMILES string of the molecule is COC(=O)[C@@]12C3C[C@@H]([C@H](O)C31)[C@H]2C. The maximum absolute atomic E-state index is 11.6. The molecule has 2 unspecified atom stereocenters. The van der Waals surface area contributed by atoms with Crippen molar-refractivity contribution in [2.24, 2.45) is 29.1 Å². The van der Waals surface area contributed by atoms with Gasteiger partial charge >= 0.3 is 5.97 Å². The molecule has 0 aromatic carbocycles. The molecule has 0 saturated heterocycles. The number of methoxy groups -OCH3 is 1. The highest BCUT2D eigenvalue weighted by Crippen LogP contribution is 2.81. The molecular formula is C10H14O3. The number of hydrogen-bond donors (Lipinski definition) is 1. The van der Waals surface area contributed by atoms with Crippen LogP contribution in [0.5, 0.6) is 0 Å². The van der Waals surface area contributed by atoms with Crippen LogP contribution in [0.1, 0.15) is 13.3 Å². The third-order valence-electron chi connectivity index (χ3n) is 4.76. The van der Waals surface area contributed by atoms with Crippen molar-refractivity contribution < 1.29 is 14.6 Å². The standard InChI is InChI=1S/C10H14O3/c1-4-5-3-6-7(8(5)11)10(4,6)9(12)13-2/h4-8,11H,3H2,1-2H3/t4-,5-,6?,7?,8+,10+/m1/s1. The molecule has 4 aliphatic carbocycles. The first-order valence-corrected chi connectivity index (χ1v) is 4.92. The first kappa shape index (κ1) is 7.80. The Morgan fingerprint density at radius 1 is 1.62 bits per heavy atom. The summed E-state index contributed by atoms with van der Waals surface area (Å²) in [6, 6.07) is 0. The van der Waals surface area contributed by atoms with Gasteiger partial charge in [0.1, 0.15) is 0 Å². The molecular weight excluding hydrogens is 168 g/mol. The van der Waals surface area contributed by atoms with E-state index in [9.17, 15) is 9.90 Å². The van der Waals surface area contributed by atoms with E-state index in [0.717, 1.165) is 6.42 Å². The molecule has 6 atom stereocenters. The lowest BCUT2D eigenvalue weighted by Crippen LogP contribution is -2.24. The van der Waals surface area contributed by atoms with Gasteiger partial charge in [0.05, 0.1) is 18.6 Å². The van der Waals surface area contributed by atoms with Crippen LogP contribution in [-0.2, 0) is 9.53 Å². The van der Waals surface area contributed by atoms with Crippen LogP contribution < -0.4 is 0 Å². The largest absolute Gasteiger partial charge is 0.469 e. The fourth-order valence-corrected chi connectivity index (χ4v) is 4.22. The topological polar surface area (TPSA) is 46.5 Å². The monoisotopic (exact) mass is 182 g/mol. The molecule has 3 heteroatoms. The molecule has 0 heterocycles. The van der Waals surface area contributed by atoms with Gasteiger partial charge in [-0.15, -0.1) is 0 Å². The van der Waals surface area contributed by atoms with Gasteiger partial charge in [0.15, 0.2) is 0 Å². The van der Waals surface area contributed by atoms with Gasteiger partial charge in [-0.25, -0.2) is 0 Å². The molecule has 4 saturated carbocycles. The molecule has 4 fully saturated rings. The number of esters is 1. The second-order valence-corrected chi connectivity index (χ2v) is 4.74. The minimum absolute atomic E-state index is 0.0888. The lowest BCUT2D eigenvalue weighted by molar-refractivity contribution is -0.149. The van der Waals surface area contributed by atoms with E-state index < -0.39 is 0 Å². The van der Waals surface area contributed by atoms with Crippen molar-refractivity contribution in [3.05, 3.63) is 0 Å². The second-order valence-electron chi connectivity index (χ2n) is 4.74. The number of aliphatic hydroxyl groups excluding tert-OH is 1. The Labute approximate surface area is 77.1 Å². The first-order valence-electron chi connectivity index (χ1n) is 4.92. The Kier molecular flexibility index (Phi) is 1.15. The Hall–Kier alpha value is -0.570. The molecule has 0 aromatic heterocycles. The lowest BCUT2D eigenvalue weighted by Gasteiger charge is -2.16. The predicted molar refractivity (Wildman–Crippen MR) is 44.7 cm³/mol. The number of ether oxygens (including phenoxy) is 1. The van der Waals surface area contributed by atoms with Gasteiger partial charge in [0.2, 0.25) is 0 Å². The van der Waals surface area contributed by atoms with E-state index in [4.69, 9.17) is 4.74 Å². The Morgan fingerprint density at radius 3 is 2.62 bits per heavy atom. The van der Waals surface area contributed by atoms with Crippen LogP contribution in [0.2, 0.25) is 0 Å². The van der Waals surface area contributed by atoms with Gasteiger partial charge in [0.25, 0.3) is 0 Å². The average Bonchev–Trinajstić information content (AvgIpc) is 2.42. The summed E-state index contributed by atoms with van der Waals surface area (Å²) in [5.74, 6) is 1.24. The van der Waals surface area contributed by atoms with Crippen molar-refractivity contribution in [1.29, 1.82) is 0 Å². The molecule has 1 N–H and O–H groups in total. The predicted octanol–water partition coefficient (Wildman–Crippen LogP) is 0.422. The summed E-state index contributed by atoms with van der Waals surface area (Å²) < 4.78 is 4.84. The average molecular weight is 182 g/mol. The smallest absolute Gasteiger partial charge is 0.312 e. The van der Waals surface area contributed by atoms with Gasteiger partial charge in [-0.2, -0.15) is 0 Å². The minimum atomic E-state index is -0.279. The lowest BCUT2D eigenvalue weighted by atomic mass is 9.91. The molecule has 72 valence electrons. The van der Waals surface area contributed by atoms with Gasteiger partial charge in [-0.05, 0) is 24.2 Å². The van der Waals surface area contributed by atoms with E-state index in [1.807, 2.05) is 0 Å². The van der Waals surface area contributed by atoms with E-state index in [2.05, 4.69) is 6.92 Å². The van der Waals surface area contributed by atoms with E-state index in [1.54, 1.807) is 0 Å². The quantitative estimate of drug-likeness (QED) is 0.598. The highest BCUT2D eigenvalue weighted by molar-refractivity contribution is 5.84. The normalized spacial score (nSPS) is 61.0. The summed E-state index contributed by atoms with van der Waals surface area (Å²) in [4.78, 5) is 11.6. The molecule has 4 aliphatic rings. The summed E-state index contributed by atoms with van der Waals surface area (Å²) in [6.45, 7) is 2.08. The fraction of sp³-hybridized carbons (Fsp3) is 0.900. The van der Waals surface area contributed by atoms with E-state index >= 15 is 0 Å². The van der Waals surface area contributed by atoms with Crippen LogP contribution in [0.15, 0.2) is 0 Å². The van der Waals surface area contributed by atoms with Crippen molar-refractivity contribution in [3.8, 4) is 0 Å². The molecule has 13 heavy (non-hydrogen) atoms. The fourth-order valence-electron chi connectivity index (χ4n) is 4.22. The molecule has 0 spiro atoms. The maximum Gasteiger partial charge on any atom is 0.312 e. The van der Waals surface area contributed by atoms with E-state index in [1.165, 1.54) is 7.11 Å². The highest BCUT2D eigenvalue weighted by atomic mass is 16.5. The van der Waals surface area contributed by atoms with Gasteiger partial charge in [0, 0.05) is 5.92 Å². The van der Waals surface area contributed by atoms with Gasteiger partial charge in [-0.1, -0.05) is 6.92 Å². The summed E-state index contributed by atoms with van der Waals surface area (Å²) in [6.07, 6.45) is 0.793. The third-order valence-corrected chi connectivity index (χ3v) is 4.76. The summed E-state index contributed by atoms with van der Waals surface area (Å²) in [5, 5.41) is 9.82. The third kappa shape index (κ3) is 0.539. The Balaban J connectivity index is 2.01. The van der Waals surface area contributed by atoms with Crippen molar-refractivity contribution in [2.75, 3.05) is 7.11 Å². The number of rotatable bonds is 1. The molecule has 0 amide bonds. The van der Waals surface area contributed by atoms with E-state index in [0.29, 0.717) is 17.8 Å². The molecule has 0 aliphatic heterocycles. The first-order chi connectivity index (χ1) is 6.15. The molecule has 4 rings (SSSR count). The number of carbonyl (C=O) groups excluding carboxylic acids is 1. The van der Waals surface area contributed by atoms with Crippen molar-refractivity contribution in [2.45, 2.75) is 19.4 Å². The number of carbonyl (C=O) groups is 1. The summed E-state index contributed by atoms with van der Waals surface area (Å²) in [5.41, 5.74) is -0.279. The summed E-state index contributed by atoms with van der Waals surface area (Å²) >= 11 is 0. The van der Waals surface area contributed by atoms with Crippen LogP contribution in [0.25, 0.3) is 0 Å².